The van der Waals surface area contributed by atoms with E-state index in [1.165, 1.54) is 79.0 Å². The number of fused-ring (bicyclic) bond motifs is 9. The van der Waals surface area contributed by atoms with Gasteiger partial charge in [0, 0.05) is 51.9 Å². The zero-order valence-electron chi connectivity index (χ0n) is 34.8. The molecule has 3 nitrogen and oxygen atoms in total. The third-order valence-corrected chi connectivity index (χ3v) is 16.3. The number of hydrogen-bond donors (Lipinski definition) is 0. The highest BCUT2D eigenvalue weighted by Gasteiger charge is 2.59. The van der Waals surface area contributed by atoms with Crippen molar-refractivity contribution < 1.29 is 4.74 Å². The van der Waals surface area contributed by atoms with Crippen molar-refractivity contribution in [1.82, 2.24) is 0 Å². The van der Waals surface area contributed by atoms with E-state index in [1.54, 1.807) is 16.7 Å². The maximum Gasteiger partial charge on any atom is 0.120 e. The quantitative estimate of drug-likeness (QED) is 0.268. The molecule has 0 amide bonds. The molecule has 2 aliphatic heterocycles. The largest absolute Gasteiger partial charge is 0.490 e. The van der Waals surface area contributed by atoms with Gasteiger partial charge in [-0.05, 0) is 142 Å². The van der Waals surface area contributed by atoms with Crippen LogP contribution in [0.25, 0.3) is 0 Å². The van der Waals surface area contributed by atoms with Gasteiger partial charge in [0.05, 0.1) is 12.1 Å². The van der Waals surface area contributed by atoms with Crippen LogP contribution in [0.15, 0.2) is 174 Å². The van der Waals surface area contributed by atoms with Gasteiger partial charge in [0.1, 0.15) is 11.9 Å². The summed E-state index contributed by atoms with van der Waals surface area (Å²) in [5.74, 6) is 4.75. The van der Waals surface area contributed by atoms with E-state index in [1.807, 2.05) is 0 Å². The van der Waals surface area contributed by atoms with Crippen LogP contribution < -0.4 is 9.80 Å². The summed E-state index contributed by atoms with van der Waals surface area (Å²) in [7, 11) is 0. The molecular formula is C56H60N2O. The van der Waals surface area contributed by atoms with Crippen molar-refractivity contribution in [2.75, 3.05) is 9.80 Å². The number of nitrogens with zero attached hydrogens (tertiary/aromatic N) is 2. The molecule has 0 spiro atoms. The topological polar surface area (TPSA) is 15.7 Å². The molecule has 12 rings (SSSR count). The molecule has 3 heteroatoms. The molecule has 11 atom stereocenters. The van der Waals surface area contributed by atoms with Gasteiger partial charge in [0.25, 0.3) is 0 Å². The van der Waals surface area contributed by atoms with Gasteiger partial charge in [-0.2, -0.15) is 0 Å². The number of benzene rings is 1. The average molecular weight is 777 g/mol. The number of ether oxygens (including phenoxy) is 1. The van der Waals surface area contributed by atoms with Crippen molar-refractivity contribution in [3.05, 3.63) is 179 Å². The minimum Gasteiger partial charge on any atom is -0.490 e. The van der Waals surface area contributed by atoms with Crippen LogP contribution in [-0.4, -0.2) is 18.2 Å². The van der Waals surface area contributed by atoms with Crippen LogP contribution in [0.4, 0.5) is 11.4 Å². The smallest absolute Gasteiger partial charge is 0.120 e. The van der Waals surface area contributed by atoms with E-state index in [4.69, 9.17) is 4.74 Å². The van der Waals surface area contributed by atoms with Crippen LogP contribution >= 0.6 is 0 Å². The molecule has 0 N–H and O–H groups in total. The monoisotopic (exact) mass is 776 g/mol. The Labute approximate surface area is 352 Å². The maximum absolute atomic E-state index is 6.85. The Bertz CT molecular complexity index is 2330. The normalized spacial score (nSPS) is 38.1. The Kier molecular flexibility index (Phi) is 8.85. The van der Waals surface area contributed by atoms with Crippen LogP contribution in [0.2, 0.25) is 0 Å². The Morgan fingerprint density at radius 1 is 0.814 bits per heavy atom. The zero-order valence-corrected chi connectivity index (χ0v) is 34.8. The molecular weight excluding hydrogens is 717 g/mol. The highest BCUT2D eigenvalue weighted by molar-refractivity contribution is 5.75. The fourth-order valence-electron chi connectivity index (χ4n) is 13.9. The standard InChI is InChI=1S/C56H60N2O/c1-37-15-14-20-40(33-37)58-52-25-12-9-22-46(52)49-34-41(29-32-53(49)58)57(43-28-31-48-47-23-10-13-26-54(47)59-55(48)36-43)42-27-30-45-44-21-8-11-24-50(44)56(51(45)35-42,38-16-4-2-5-17-38)39-18-6-3-7-19-39/h4,8-9,11-18,20-22,24-26,28-29,32,34-37,42,44-48,50,52,54H,2-3,5-7,10,19,23,27,30-31,33H2,1H3. The molecule has 1 aromatic rings. The van der Waals surface area contributed by atoms with Crippen molar-refractivity contribution in [2.45, 2.75) is 108 Å². The van der Waals surface area contributed by atoms with Crippen molar-refractivity contribution in [2.24, 2.45) is 40.9 Å². The molecule has 0 bridgehead atoms. The summed E-state index contributed by atoms with van der Waals surface area (Å²) in [5.41, 5.74) is 11.8. The SMILES string of the molecule is CC1C=CC=C(N2c3ccc(N(C4=CCC5C(=C4)OC4C=CCCC45)C4C=C5C(CC4)C4C=CC=CC4C5(C4=CCCC=C4)C4=CCCCC4)cc3C3C=CC=CC32)C1. The first-order valence-corrected chi connectivity index (χ1v) is 23.5. The van der Waals surface area contributed by atoms with E-state index < -0.39 is 0 Å². The van der Waals surface area contributed by atoms with Crippen LogP contribution in [0.3, 0.4) is 0 Å². The van der Waals surface area contributed by atoms with E-state index in [0.29, 0.717) is 47.5 Å². The molecule has 300 valence electrons. The van der Waals surface area contributed by atoms with Gasteiger partial charge in [0.15, 0.2) is 0 Å². The van der Waals surface area contributed by atoms with E-state index in [9.17, 15) is 0 Å². The Morgan fingerprint density at radius 3 is 2.64 bits per heavy atom. The zero-order chi connectivity index (χ0) is 39.1. The fraction of sp³-hybridized carbons (Fsp3) is 0.429. The van der Waals surface area contributed by atoms with Crippen molar-refractivity contribution >= 4 is 11.4 Å². The summed E-state index contributed by atoms with van der Waals surface area (Å²) < 4.78 is 6.85. The first kappa shape index (κ1) is 36.1. The first-order chi connectivity index (χ1) is 29.2. The second-order valence-electron chi connectivity index (χ2n) is 19.4. The molecule has 9 aliphatic carbocycles. The van der Waals surface area contributed by atoms with E-state index >= 15 is 0 Å². The average Bonchev–Trinajstić information content (AvgIpc) is 3.93. The molecule has 59 heavy (non-hydrogen) atoms. The van der Waals surface area contributed by atoms with E-state index in [-0.39, 0.29) is 17.6 Å². The van der Waals surface area contributed by atoms with Gasteiger partial charge in [-0.1, -0.05) is 121 Å². The predicted molar refractivity (Wildman–Crippen MR) is 244 cm³/mol. The molecule has 11 unspecified atom stereocenters. The molecule has 1 aromatic carbocycles. The third kappa shape index (κ3) is 5.65. The van der Waals surface area contributed by atoms with Crippen molar-refractivity contribution in [3.8, 4) is 0 Å². The lowest BCUT2D eigenvalue weighted by Crippen LogP contribution is -2.39. The lowest BCUT2D eigenvalue weighted by Gasteiger charge is -2.45. The highest BCUT2D eigenvalue weighted by atomic mass is 16.5. The van der Waals surface area contributed by atoms with Crippen molar-refractivity contribution in [3.63, 3.8) is 0 Å². The number of hydrogen-bond acceptors (Lipinski definition) is 3. The lowest BCUT2D eigenvalue weighted by molar-refractivity contribution is 0.164. The first-order valence-electron chi connectivity index (χ1n) is 23.5. The van der Waals surface area contributed by atoms with Crippen LogP contribution in [0.1, 0.15) is 95.5 Å². The van der Waals surface area contributed by atoms with E-state index in [0.717, 1.165) is 32.1 Å². The highest BCUT2D eigenvalue weighted by Crippen LogP contribution is 2.67. The van der Waals surface area contributed by atoms with Crippen LogP contribution in [0.5, 0.6) is 0 Å². The van der Waals surface area contributed by atoms with Gasteiger partial charge < -0.3 is 14.5 Å². The van der Waals surface area contributed by atoms with Gasteiger partial charge >= 0.3 is 0 Å². The van der Waals surface area contributed by atoms with E-state index in [2.05, 4.69) is 156 Å². The second-order valence-corrected chi connectivity index (χ2v) is 19.4. The second kappa shape index (κ2) is 14.5. The molecule has 0 radical (unpaired) electrons. The Balaban J connectivity index is 1.01. The van der Waals surface area contributed by atoms with Gasteiger partial charge in [-0.3, -0.25) is 0 Å². The third-order valence-electron chi connectivity index (χ3n) is 16.3. The summed E-state index contributed by atoms with van der Waals surface area (Å²) in [6, 6.07) is 8.09. The van der Waals surface area contributed by atoms with Crippen LogP contribution in [-0.2, 0) is 4.74 Å². The van der Waals surface area contributed by atoms with Crippen molar-refractivity contribution in [1.29, 1.82) is 0 Å². The fourth-order valence-corrected chi connectivity index (χ4v) is 13.9. The van der Waals surface area contributed by atoms with Gasteiger partial charge in [-0.15, -0.1) is 0 Å². The van der Waals surface area contributed by atoms with Crippen LogP contribution in [0, 0.1) is 40.9 Å². The van der Waals surface area contributed by atoms with Gasteiger partial charge in [-0.25, -0.2) is 0 Å². The maximum atomic E-state index is 6.85. The number of rotatable bonds is 6. The Morgan fingerprint density at radius 2 is 1.75 bits per heavy atom. The summed E-state index contributed by atoms with van der Waals surface area (Å²) in [4.78, 5) is 5.44. The summed E-state index contributed by atoms with van der Waals surface area (Å²) in [6.45, 7) is 2.35. The summed E-state index contributed by atoms with van der Waals surface area (Å²) in [6.07, 6.45) is 63.8. The number of allylic oxidation sites excluding steroid dienone is 21. The molecule has 2 fully saturated rings. The minimum absolute atomic E-state index is 0.0659. The minimum atomic E-state index is -0.0659. The lowest BCUT2D eigenvalue weighted by atomic mass is 9.59. The summed E-state index contributed by atoms with van der Waals surface area (Å²) in [5, 5.41) is 0. The predicted octanol–water partition coefficient (Wildman–Crippen LogP) is 13.4. The summed E-state index contributed by atoms with van der Waals surface area (Å²) >= 11 is 0. The van der Waals surface area contributed by atoms with Gasteiger partial charge in [0.2, 0.25) is 0 Å². The molecule has 0 aromatic heterocycles. The number of anilines is 2. The molecule has 11 aliphatic rings. The Hall–Kier alpha value is -4.76. The molecule has 2 heterocycles. The molecule has 1 saturated carbocycles. The molecule has 1 saturated heterocycles.